The second kappa shape index (κ2) is 11.4. The van der Waals surface area contributed by atoms with Crippen LogP contribution in [0.3, 0.4) is 0 Å². The average molecular weight is 431 g/mol. The van der Waals surface area contributed by atoms with Crippen LogP contribution in [0.5, 0.6) is 0 Å². The summed E-state index contributed by atoms with van der Waals surface area (Å²) in [7, 11) is -0.811. The van der Waals surface area contributed by atoms with E-state index < -0.39 is 25.5 Å². The number of hydrogen-bond acceptors (Lipinski definition) is 3. The molecule has 3 nitrogen and oxygen atoms in total. The molecule has 0 unspecified atom stereocenters. The van der Waals surface area contributed by atoms with Crippen LogP contribution in [0.2, 0.25) is 0 Å². The summed E-state index contributed by atoms with van der Waals surface area (Å²) in [6.07, 6.45) is 6.15. The third-order valence-electron chi connectivity index (χ3n) is 2.95. The highest BCUT2D eigenvalue weighted by Gasteiger charge is 2.30. The topological polar surface area (TPSA) is 27.7 Å². The molecule has 0 saturated carbocycles. The lowest BCUT2D eigenvalue weighted by Gasteiger charge is -2.34. The van der Waals surface area contributed by atoms with Crippen molar-refractivity contribution < 1.29 is 13.3 Å². The van der Waals surface area contributed by atoms with Crippen molar-refractivity contribution in [1.29, 1.82) is 0 Å². The number of alkyl halides is 1. The van der Waals surface area contributed by atoms with E-state index in [0.717, 1.165) is 17.3 Å². The molecule has 0 saturated heterocycles. The summed E-state index contributed by atoms with van der Waals surface area (Å²) in [5.74, 6) is -0.746. The Kier molecular flexibility index (Phi) is 11.9. The Morgan fingerprint density at radius 2 is 1.63 bits per heavy atom. The maximum absolute atomic E-state index is 6.09. The highest BCUT2D eigenvalue weighted by Crippen LogP contribution is 2.22. The van der Waals surface area contributed by atoms with Crippen LogP contribution in [0.1, 0.15) is 40.5 Å². The minimum Gasteiger partial charge on any atom is -0.382 e. The molecule has 0 aromatic carbocycles. The molecular formula is C12H27IO3Si3. The molecule has 0 aliphatic rings. The largest absolute Gasteiger partial charge is 0.382 e. The molecule has 0 spiro atoms. The molecule has 0 aliphatic heterocycles. The zero-order valence-electron chi connectivity index (χ0n) is 12.8. The second-order valence-electron chi connectivity index (χ2n) is 4.53. The van der Waals surface area contributed by atoms with Gasteiger partial charge in [-0.05, 0) is 38.5 Å². The molecule has 0 aliphatic carbocycles. The van der Waals surface area contributed by atoms with Crippen LogP contribution in [0.25, 0.3) is 0 Å². The molecule has 0 atom stereocenters. The molecule has 0 N–H and O–H groups in total. The van der Waals surface area contributed by atoms with Gasteiger partial charge in [0, 0.05) is 6.42 Å². The minimum atomic E-state index is -0.746. The number of halogens is 1. The van der Waals surface area contributed by atoms with Gasteiger partial charge in [-0.1, -0.05) is 45.1 Å². The van der Waals surface area contributed by atoms with Crippen LogP contribution in [0.4, 0.5) is 0 Å². The van der Waals surface area contributed by atoms with Crippen molar-refractivity contribution in [2.45, 2.75) is 46.5 Å². The second-order valence-corrected chi connectivity index (χ2v) is 9.40. The molecule has 0 rings (SSSR count). The predicted octanol–water partition coefficient (Wildman–Crippen LogP) is 1.20. The van der Waals surface area contributed by atoms with Crippen LogP contribution in [0.15, 0.2) is 22.5 Å². The van der Waals surface area contributed by atoms with Gasteiger partial charge in [0.15, 0.2) is 30.0 Å². The fourth-order valence-electron chi connectivity index (χ4n) is 1.30. The van der Waals surface area contributed by atoms with E-state index in [-0.39, 0.29) is 0 Å². The lowest BCUT2D eigenvalue weighted by molar-refractivity contribution is -0.256. The van der Waals surface area contributed by atoms with Crippen molar-refractivity contribution in [3.05, 3.63) is 22.5 Å². The standard InChI is InChI=1S/C12H27IO3Si3/c1-5-10(3)18-15-12(14-17,8-7-9-13)16-19-11(4)6-2/h5-6H,7-9,18-19H2,1-4,17H3. The normalized spacial score (nSPS) is 17.9. The average Bonchev–Trinajstić information content (AvgIpc) is 2.46. The van der Waals surface area contributed by atoms with Gasteiger partial charge in [0.2, 0.25) is 0 Å². The van der Waals surface area contributed by atoms with Crippen LogP contribution >= 0.6 is 22.6 Å². The Labute approximate surface area is 139 Å². The summed E-state index contributed by atoms with van der Waals surface area (Å²) >= 11 is 2.39. The number of hydrogen-bond donors (Lipinski definition) is 0. The molecular weight excluding hydrogens is 403 g/mol. The molecule has 0 aromatic heterocycles. The molecule has 0 radical (unpaired) electrons. The van der Waals surface area contributed by atoms with Crippen molar-refractivity contribution in [1.82, 2.24) is 0 Å². The molecule has 0 aromatic rings. The first-order valence-electron chi connectivity index (χ1n) is 6.66. The van der Waals surface area contributed by atoms with Crippen molar-refractivity contribution in [2.75, 3.05) is 4.43 Å². The van der Waals surface area contributed by atoms with Crippen LogP contribution < -0.4 is 0 Å². The lowest BCUT2D eigenvalue weighted by atomic mass is 10.3. The lowest BCUT2D eigenvalue weighted by Crippen LogP contribution is -2.41. The zero-order valence-corrected chi connectivity index (χ0v) is 19.8. The van der Waals surface area contributed by atoms with E-state index in [4.69, 9.17) is 13.3 Å². The van der Waals surface area contributed by atoms with Crippen LogP contribution in [-0.4, -0.2) is 40.4 Å². The van der Waals surface area contributed by atoms with Gasteiger partial charge in [-0.15, -0.1) is 0 Å². The Morgan fingerprint density at radius 1 is 1.16 bits per heavy atom. The van der Waals surface area contributed by atoms with Gasteiger partial charge in [-0.2, -0.15) is 0 Å². The highest BCUT2D eigenvalue weighted by atomic mass is 127. The summed E-state index contributed by atoms with van der Waals surface area (Å²) in [5, 5.41) is 2.68. The van der Waals surface area contributed by atoms with Crippen molar-refractivity contribution in [3.63, 3.8) is 0 Å². The van der Waals surface area contributed by atoms with Gasteiger partial charge >= 0.3 is 0 Å². The summed E-state index contributed by atoms with van der Waals surface area (Å²) in [5.41, 5.74) is 0. The van der Waals surface area contributed by atoms with Gasteiger partial charge in [0.25, 0.3) is 5.97 Å². The Morgan fingerprint density at radius 3 is 1.95 bits per heavy atom. The van der Waals surface area contributed by atoms with Gasteiger partial charge in [-0.3, -0.25) is 0 Å². The quantitative estimate of drug-likeness (QED) is 0.226. The molecule has 0 heterocycles. The third kappa shape index (κ3) is 8.58. The first-order valence-corrected chi connectivity index (χ1v) is 11.6. The van der Waals surface area contributed by atoms with Crippen molar-refractivity contribution >= 4 is 52.6 Å². The highest BCUT2D eigenvalue weighted by molar-refractivity contribution is 14.1. The molecule has 7 heteroatoms. The summed E-state index contributed by atoms with van der Waals surface area (Å²) in [4.78, 5) is 0. The predicted molar refractivity (Wildman–Crippen MR) is 100.0 cm³/mol. The summed E-state index contributed by atoms with van der Waals surface area (Å²) in [6, 6.07) is 0. The van der Waals surface area contributed by atoms with Crippen molar-refractivity contribution in [3.8, 4) is 0 Å². The number of allylic oxidation sites excluding steroid dienone is 4. The monoisotopic (exact) mass is 430 g/mol. The minimum absolute atomic E-state index is 0.639. The maximum atomic E-state index is 6.09. The molecule has 0 amide bonds. The molecule has 19 heavy (non-hydrogen) atoms. The van der Waals surface area contributed by atoms with Crippen molar-refractivity contribution in [2.24, 2.45) is 0 Å². The van der Waals surface area contributed by atoms with E-state index >= 15 is 0 Å². The van der Waals surface area contributed by atoms with E-state index in [1.807, 2.05) is 0 Å². The summed E-state index contributed by atoms with van der Waals surface area (Å²) in [6.45, 7) is 8.35. The smallest absolute Gasteiger partial charge is 0.253 e. The van der Waals surface area contributed by atoms with E-state index in [1.54, 1.807) is 0 Å². The zero-order chi connectivity index (χ0) is 14.7. The Hall–Kier alpha value is 0.741. The maximum Gasteiger partial charge on any atom is 0.253 e. The first kappa shape index (κ1) is 19.7. The first-order chi connectivity index (χ1) is 9.03. The van der Waals surface area contributed by atoms with E-state index in [2.05, 4.69) is 62.4 Å². The van der Waals surface area contributed by atoms with E-state index in [0.29, 0.717) is 10.5 Å². The SMILES string of the molecule is CC=C(C)[SiH2]OC(CCCI)(O[SiH3])O[SiH2]C(C)=CC. The summed E-state index contributed by atoms with van der Waals surface area (Å²) < 4.78 is 19.0. The third-order valence-corrected chi connectivity index (χ3v) is 7.23. The Balaban J connectivity index is 4.66. The van der Waals surface area contributed by atoms with E-state index in [9.17, 15) is 0 Å². The fourth-order valence-corrected chi connectivity index (χ4v) is 4.68. The molecule has 0 fully saturated rings. The van der Waals surface area contributed by atoms with Gasteiger partial charge in [-0.25, -0.2) is 0 Å². The fraction of sp³-hybridized carbons (Fsp3) is 0.667. The van der Waals surface area contributed by atoms with Crippen LogP contribution in [-0.2, 0) is 13.3 Å². The van der Waals surface area contributed by atoms with Gasteiger partial charge in [0.1, 0.15) is 0 Å². The van der Waals surface area contributed by atoms with E-state index in [1.165, 1.54) is 10.4 Å². The Bertz CT molecular complexity index is 287. The van der Waals surface area contributed by atoms with Crippen LogP contribution in [0, 0.1) is 0 Å². The van der Waals surface area contributed by atoms with Gasteiger partial charge < -0.3 is 13.3 Å². The number of rotatable bonds is 10. The molecule has 112 valence electrons. The molecule has 0 bridgehead atoms. The van der Waals surface area contributed by atoms with Gasteiger partial charge in [0.05, 0.1) is 0 Å².